The molecule has 0 heterocycles. The van der Waals surface area contributed by atoms with Crippen molar-refractivity contribution in [2.24, 2.45) is 0 Å². The number of nitriles is 1. The van der Waals surface area contributed by atoms with Crippen molar-refractivity contribution in [2.75, 3.05) is 20.3 Å². The summed E-state index contributed by atoms with van der Waals surface area (Å²) in [6, 6.07) is 13.6. The molecule has 2 rings (SSSR count). The Labute approximate surface area is 155 Å². The molecule has 0 saturated heterocycles. The second-order valence-corrected chi connectivity index (χ2v) is 5.42. The van der Waals surface area contributed by atoms with Gasteiger partial charge in [-0.1, -0.05) is 29.8 Å². The third kappa shape index (κ3) is 5.16. The third-order valence-corrected chi connectivity index (χ3v) is 3.60. The van der Waals surface area contributed by atoms with Gasteiger partial charge in [-0.05, 0) is 35.9 Å². The summed E-state index contributed by atoms with van der Waals surface area (Å²) < 4.78 is 16.4. The number of rotatable bonds is 8. The lowest BCUT2D eigenvalue weighted by Gasteiger charge is -2.12. The molecule has 0 aromatic heterocycles. The predicted octanol–water partition coefficient (Wildman–Crippen LogP) is 3.80. The highest BCUT2D eigenvalue weighted by atomic mass is 35.5. The molecule has 2 aromatic carbocycles. The highest BCUT2D eigenvalue weighted by molar-refractivity contribution is 6.32. The first-order valence-corrected chi connectivity index (χ1v) is 7.96. The van der Waals surface area contributed by atoms with Crippen molar-refractivity contribution in [3.63, 3.8) is 0 Å². The minimum Gasteiger partial charge on any atom is -0.493 e. The van der Waals surface area contributed by atoms with Gasteiger partial charge in [-0.25, -0.2) is 4.79 Å². The van der Waals surface area contributed by atoms with E-state index in [-0.39, 0.29) is 18.8 Å². The SMILES string of the molecule is COc1ccc(C=C(C#N)C(=O)O)cc1OCCOc1ccccc1Cl. The minimum absolute atomic E-state index is 0.221. The van der Waals surface area contributed by atoms with Crippen LogP contribution in [0.2, 0.25) is 5.02 Å². The summed E-state index contributed by atoms with van der Waals surface area (Å²) >= 11 is 6.01. The van der Waals surface area contributed by atoms with Crippen LogP contribution in [0.25, 0.3) is 6.08 Å². The van der Waals surface area contributed by atoms with Crippen molar-refractivity contribution >= 4 is 23.6 Å². The van der Waals surface area contributed by atoms with Crippen LogP contribution in [0.4, 0.5) is 0 Å². The van der Waals surface area contributed by atoms with Crippen molar-refractivity contribution in [3.05, 3.63) is 58.6 Å². The monoisotopic (exact) mass is 373 g/mol. The zero-order valence-corrected chi connectivity index (χ0v) is 14.7. The number of ether oxygens (including phenoxy) is 3. The second-order valence-electron chi connectivity index (χ2n) is 5.01. The smallest absolute Gasteiger partial charge is 0.346 e. The topological polar surface area (TPSA) is 88.8 Å². The molecule has 0 bridgehead atoms. The normalized spacial score (nSPS) is 10.7. The summed E-state index contributed by atoms with van der Waals surface area (Å²) in [7, 11) is 1.50. The fraction of sp³-hybridized carbons (Fsp3) is 0.158. The highest BCUT2D eigenvalue weighted by Crippen LogP contribution is 2.29. The maximum atomic E-state index is 10.9. The van der Waals surface area contributed by atoms with Crippen molar-refractivity contribution in [3.8, 4) is 23.3 Å². The Kier molecular flexibility index (Phi) is 6.89. The minimum atomic E-state index is -1.29. The van der Waals surface area contributed by atoms with Crippen molar-refractivity contribution in [1.82, 2.24) is 0 Å². The average molecular weight is 374 g/mol. The van der Waals surface area contributed by atoms with Crippen LogP contribution in [0.5, 0.6) is 17.2 Å². The fourth-order valence-electron chi connectivity index (χ4n) is 2.07. The van der Waals surface area contributed by atoms with Gasteiger partial charge in [0.05, 0.1) is 12.1 Å². The number of hydrogen-bond acceptors (Lipinski definition) is 5. The van der Waals surface area contributed by atoms with Crippen LogP contribution in [0.15, 0.2) is 48.0 Å². The van der Waals surface area contributed by atoms with Crippen LogP contribution in [-0.4, -0.2) is 31.4 Å². The van der Waals surface area contributed by atoms with Gasteiger partial charge in [-0.2, -0.15) is 5.26 Å². The Balaban J connectivity index is 2.05. The molecular weight excluding hydrogens is 358 g/mol. The fourth-order valence-corrected chi connectivity index (χ4v) is 2.26. The third-order valence-electron chi connectivity index (χ3n) is 3.28. The Bertz CT molecular complexity index is 857. The van der Waals surface area contributed by atoms with E-state index >= 15 is 0 Å². The molecule has 1 N–H and O–H groups in total. The molecular formula is C19H16ClNO5. The molecule has 0 atom stereocenters. The van der Waals surface area contributed by atoms with Crippen molar-refractivity contribution in [1.29, 1.82) is 5.26 Å². The summed E-state index contributed by atoms with van der Waals surface area (Å²) in [5, 5.41) is 18.3. The molecule has 0 unspecified atom stereocenters. The number of carboxylic acids is 1. The Morgan fingerprint density at radius 2 is 1.85 bits per heavy atom. The lowest BCUT2D eigenvalue weighted by molar-refractivity contribution is -0.132. The van der Waals surface area contributed by atoms with Crippen LogP contribution in [0, 0.1) is 11.3 Å². The lowest BCUT2D eigenvalue weighted by Crippen LogP contribution is -2.10. The number of aliphatic carboxylic acids is 1. The van der Waals surface area contributed by atoms with Crippen LogP contribution < -0.4 is 14.2 Å². The molecule has 26 heavy (non-hydrogen) atoms. The largest absolute Gasteiger partial charge is 0.493 e. The van der Waals surface area contributed by atoms with Crippen molar-refractivity contribution in [2.45, 2.75) is 0 Å². The van der Waals surface area contributed by atoms with Crippen molar-refractivity contribution < 1.29 is 24.1 Å². The van der Waals surface area contributed by atoms with Crippen LogP contribution in [0.1, 0.15) is 5.56 Å². The number of para-hydroxylation sites is 1. The summed E-state index contributed by atoms with van der Waals surface area (Å²) in [6.07, 6.45) is 1.26. The van der Waals surface area contributed by atoms with E-state index in [1.54, 1.807) is 36.4 Å². The van der Waals surface area contributed by atoms with E-state index in [9.17, 15) is 4.79 Å². The van der Waals surface area contributed by atoms with Crippen LogP contribution >= 0.6 is 11.6 Å². The number of hydrogen-bond donors (Lipinski definition) is 1. The number of carbonyl (C=O) groups is 1. The number of carboxylic acid groups (broad SMARTS) is 1. The molecule has 0 aliphatic carbocycles. The molecule has 0 saturated carbocycles. The van der Waals surface area contributed by atoms with E-state index in [0.717, 1.165) is 0 Å². The molecule has 0 aliphatic rings. The maximum Gasteiger partial charge on any atom is 0.346 e. The predicted molar refractivity (Wildman–Crippen MR) is 96.7 cm³/mol. The summed E-state index contributed by atoms with van der Waals surface area (Å²) in [4.78, 5) is 10.9. The van der Waals surface area contributed by atoms with Gasteiger partial charge in [-0.15, -0.1) is 0 Å². The Hall–Kier alpha value is -3.17. The van der Waals surface area contributed by atoms with Gasteiger partial charge in [0.25, 0.3) is 0 Å². The molecule has 0 radical (unpaired) electrons. The zero-order chi connectivity index (χ0) is 18.9. The van der Waals surface area contributed by atoms with Gasteiger partial charge in [-0.3, -0.25) is 0 Å². The van der Waals surface area contributed by atoms with E-state index in [1.165, 1.54) is 13.2 Å². The average Bonchev–Trinajstić information content (AvgIpc) is 2.64. The first-order chi connectivity index (χ1) is 12.5. The van der Waals surface area contributed by atoms with Gasteiger partial charge < -0.3 is 19.3 Å². The quantitative estimate of drug-likeness (QED) is 0.430. The molecule has 7 heteroatoms. The molecule has 0 spiro atoms. The molecule has 6 nitrogen and oxygen atoms in total. The number of nitrogens with zero attached hydrogens (tertiary/aromatic N) is 1. The van der Waals surface area contributed by atoms with Gasteiger partial charge in [0.1, 0.15) is 30.6 Å². The Morgan fingerprint density at radius 3 is 2.46 bits per heavy atom. The molecule has 0 fully saturated rings. The number of benzene rings is 2. The maximum absolute atomic E-state index is 10.9. The van der Waals surface area contributed by atoms with Gasteiger partial charge in [0.15, 0.2) is 11.5 Å². The van der Waals surface area contributed by atoms with E-state index in [1.807, 2.05) is 12.1 Å². The van der Waals surface area contributed by atoms with E-state index in [0.29, 0.717) is 27.8 Å². The van der Waals surface area contributed by atoms with E-state index < -0.39 is 5.97 Å². The first-order valence-electron chi connectivity index (χ1n) is 7.58. The van der Waals surface area contributed by atoms with E-state index in [4.69, 9.17) is 36.2 Å². The van der Waals surface area contributed by atoms with E-state index in [2.05, 4.69) is 0 Å². The summed E-state index contributed by atoms with van der Waals surface area (Å²) in [6.45, 7) is 0.477. The molecule has 134 valence electrons. The van der Waals surface area contributed by atoms with Crippen LogP contribution in [0.3, 0.4) is 0 Å². The number of methoxy groups -OCH3 is 1. The van der Waals surface area contributed by atoms with Gasteiger partial charge >= 0.3 is 5.97 Å². The number of halogens is 1. The zero-order valence-electron chi connectivity index (χ0n) is 13.9. The first kappa shape index (κ1) is 19.2. The summed E-state index contributed by atoms with van der Waals surface area (Å²) in [5.74, 6) is 0.154. The highest BCUT2D eigenvalue weighted by Gasteiger charge is 2.09. The van der Waals surface area contributed by atoms with Gasteiger partial charge in [0.2, 0.25) is 0 Å². The molecule has 2 aromatic rings. The lowest BCUT2D eigenvalue weighted by atomic mass is 10.1. The standard InChI is InChI=1S/C19H16ClNO5/c1-24-17-7-6-13(10-14(12-21)19(22)23)11-18(17)26-9-8-25-16-5-3-2-4-15(16)20/h2-7,10-11H,8-9H2,1H3,(H,22,23). The molecule has 0 amide bonds. The second kappa shape index (κ2) is 9.35. The van der Waals surface area contributed by atoms with Gasteiger partial charge in [0, 0.05) is 0 Å². The van der Waals surface area contributed by atoms with Crippen LogP contribution in [-0.2, 0) is 4.79 Å². The molecule has 0 aliphatic heterocycles. The summed E-state index contributed by atoms with van der Waals surface area (Å²) in [5.41, 5.74) is 0.134. The Morgan fingerprint density at radius 1 is 1.15 bits per heavy atom.